The lowest BCUT2D eigenvalue weighted by Gasteiger charge is -2.10. The number of hydrazine groups is 1. The molecule has 25 heavy (non-hydrogen) atoms. The number of rotatable bonds is 5. The van der Waals surface area contributed by atoms with Crippen molar-refractivity contribution in [2.75, 3.05) is 6.61 Å². The van der Waals surface area contributed by atoms with E-state index in [0.29, 0.717) is 5.75 Å². The number of halogens is 1. The molecule has 0 aliphatic rings. The number of hydrogen-bond donors (Lipinski definition) is 2. The number of nitrogens with one attached hydrogen (secondary N) is 2. The number of nitro groups is 1. The first kappa shape index (κ1) is 18.2. The van der Waals surface area contributed by atoms with Gasteiger partial charge in [-0.25, -0.2) is 0 Å². The van der Waals surface area contributed by atoms with Crippen molar-refractivity contribution in [3.05, 3.63) is 68.7 Å². The molecule has 0 bridgehead atoms. The average Bonchev–Trinajstić information content (AvgIpc) is 2.58. The summed E-state index contributed by atoms with van der Waals surface area (Å²) >= 11 is 5.84. The third-order valence-corrected chi connectivity index (χ3v) is 3.49. The molecule has 8 nitrogen and oxygen atoms in total. The van der Waals surface area contributed by atoms with Crippen LogP contribution < -0.4 is 15.6 Å². The molecule has 2 rings (SSSR count). The SMILES string of the molecule is Cc1ccccc1OCC(=O)NNC(=O)c1ccc([N+](=O)[O-])cc1Cl. The number of hydrogen-bond acceptors (Lipinski definition) is 5. The fraction of sp³-hybridized carbons (Fsp3) is 0.125. The molecule has 0 radical (unpaired) electrons. The molecule has 0 saturated heterocycles. The summed E-state index contributed by atoms with van der Waals surface area (Å²) in [6.07, 6.45) is 0. The van der Waals surface area contributed by atoms with Crippen LogP contribution >= 0.6 is 11.6 Å². The summed E-state index contributed by atoms with van der Waals surface area (Å²) in [5.41, 5.74) is 4.97. The van der Waals surface area contributed by atoms with Gasteiger partial charge >= 0.3 is 0 Å². The Labute approximate surface area is 147 Å². The van der Waals surface area contributed by atoms with E-state index in [4.69, 9.17) is 16.3 Å². The summed E-state index contributed by atoms with van der Waals surface area (Å²) in [4.78, 5) is 33.7. The molecule has 0 aliphatic heterocycles. The van der Waals surface area contributed by atoms with Gasteiger partial charge in [-0.3, -0.25) is 30.6 Å². The molecule has 2 aromatic rings. The van der Waals surface area contributed by atoms with Crippen molar-refractivity contribution in [1.29, 1.82) is 0 Å². The van der Waals surface area contributed by atoms with E-state index >= 15 is 0 Å². The second kappa shape index (κ2) is 8.11. The number of aryl methyl sites for hydroxylation is 1. The Hall–Kier alpha value is -3.13. The minimum Gasteiger partial charge on any atom is -0.483 e. The summed E-state index contributed by atoms with van der Waals surface area (Å²) in [6.45, 7) is 1.55. The summed E-state index contributed by atoms with van der Waals surface area (Å²) in [6, 6.07) is 10.6. The molecule has 130 valence electrons. The molecule has 2 N–H and O–H groups in total. The predicted octanol–water partition coefficient (Wildman–Crippen LogP) is 2.40. The highest BCUT2D eigenvalue weighted by molar-refractivity contribution is 6.34. The van der Waals surface area contributed by atoms with Crippen molar-refractivity contribution >= 4 is 29.1 Å². The first-order chi connectivity index (χ1) is 11.9. The van der Waals surface area contributed by atoms with E-state index in [1.165, 1.54) is 6.07 Å². The van der Waals surface area contributed by atoms with Crippen molar-refractivity contribution in [1.82, 2.24) is 10.9 Å². The van der Waals surface area contributed by atoms with Crippen LogP contribution in [0, 0.1) is 17.0 Å². The van der Waals surface area contributed by atoms with Gasteiger partial charge in [-0.15, -0.1) is 0 Å². The fourth-order valence-corrected chi connectivity index (χ4v) is 2.15. The highest BCUT2D eigenvalue weighted by Gasteiger charge is 2.15. The van der Waals surface area contributed by atoms with Gasteiger partial charge in [0.25, 0.3) is 17.5 Å². The van der Waals surface area contributed by atoms with E-state index in [1.807, 2.05) is 19.1 Å². The lowest BCUT2D eigenvalue weighted by atomic mass is 10.2. The van der Waals surface area contributed by atoms with Gasteiger partial charge in [0.05, 0.1) is 15.5 Å². The Morgan fingerprint density at radius 2 is 1.92 bits per heavy atom. The average molecular weight is 364 g/mol. The third kappa shape index (κ3) is 4.92. The van der Waals surface area contributed by atoms with Crippen LogP contribution in [-0.2, 0) is 4.79 Å². The number of benzene rings is 2. The van der Waals surface area contributed by atoms with Crippen LogP contribution in [0.5, 0.6) is 5.75 Å². The van der Waals surface area contributed by atoms with Crippen LogP contribution in [-0.4, -0.2) is 23.3 Å². The first-order valence-corrected chi connectivity index (χ1v) is 7.48. The summed E-state index contributed by atoms with van der Waals surface area (Å²) in [7, 11) is 0. The van der Waals surface area contributed by atoms with E-state index in [9.17, 15) is 19.7 Å². The summed E-state index contributed by atoms with van der Waals surface area (Å²) in [5.74, 6) is -0.721. The van der Waals surface area contributed by atoms with Crippen LogP contribution in [0.15, 0.2) is 42.5 Å². The second-order valence-corrected chi connectivity index (χ2v) is 5.38. The van der Waals surface area contributed by atoms with Gasteiger partial charge in [-0.2, -0.15) is 0 Å². The van der Waals surface area contributed by atoms with Gasteiger partial charge in [0.1, 0.15) is 5.75 Å². The zero-order valence-corrected chi connectivity index (χ0v) is 13.9. The quantitative estimate of drug-likeness (QED) is 0.626. The number of carbonyl (C=O) groups excluding carboxylic acids is 2. The van der Waals surface area contributed by atoms with Crippen LogP contribution in [0.3, 0.4) is 0 Å². The first-order valence-electron chi connectivity index (χ1n) is 7.10. The maximum absolute atomic E-state index is 12.0. The van der Waals surface area contributed by atoms with Crippen LogP contribution in [0.2, 0.25) is 5.02 Å². The number of amides is 2. The zero-order valence-electron chi connectivity index (χ0n) is 13.1. The topological polar surface area (TPSA) is 111 Å². The van der Waals surface area contributed by atoms with Crippen molar-refractivity contribution in [3.63, 3.8) is 0 Å². The van der Waals surface area contributed by atoms with Gasteiger partial charge in [0.2, 0.25) is 0 Å². The number of nitro benzene ring substituents is 1. The predicted molar refractivity (Wildman–Crippen MR) is 90.4 cm³/mol. The van der Waals surface area contributed by atoms with E-state index in [1.54, 1.807) is 12.1 Å². The number of nitrogens with zero attached hydrogens (tertiary/aromatic N) is 1. The second-order valence-electron chi connectivity index (χ2n) is 4.98. The van der Waals surface area contributed by atoms with E-state index in [0.717, 1.165) is 17.7 Å². The summed E-state index contributed by atoms with van der Waals surface area (Å²) < 4.78 is 5.34. The Morgan fingerprint density at radius 1 is 1.20 bits per heavy atom. The van der Waals surface area contributed by atoms with Gasteiger partial charge < -0.3 is 4.74 Å². The smallest absolute Gasteiger partial charge is 0.276 e. The molecule has 0 fully saturated rings. The molecule has 9 heteroatoms. The van der Waals surface area contributed by atoms with E-state index in [-0.39, 0.29) is 22.9 Å². The Morgan fingerprint density at radius 3 is 2.56 bits per heavy atom. The van der Waals surface area contributed by atoms with Crippen LogP contribution in [0.1, 0.15) is 15.9 Å². The lowest BCUT2D eigenvalue weighted by Crippen LogP contribution is -2.43. The standard InChI is InChI=1S/C16H14ClN3O5/c1-10-4-2-3-5-14(10)25-9-15(21)18-19-16(22)12-7-6-11(20(23)24)8-13(12)17/h2-8H,9H2,1H3,(H,18,21)(H,19,22). The molecule has 0 atom stereocenters. The van der Waals surface area contributed by atoms with Crippen molar-refractivity contribution in [2.24, 2.45) is 0 Å². The monoisotopic (exact) mass is 363 g/mol. The van der Waals surface area contributed by atoms with Gasteiger partial charge in [0.15, 0.2) is 6.61 Å². The Balaban J connectivity index is 1.88. The largest absolute Gasteiger partial charge is 0.483 e. The van der Waals surface area contributed by atoms with Gasteiger partial charge in [-0.1, -0.05) is 29.8 Å². The highest BCUT2D eigenvalue weighted by atomic mass is 35.5. The van der Waals surface area contributed by atoms with Crippen molar-refractivity contribution < 1.29 is 19.2 Å². The highest BCUT2D eigenvalue weighted by Crippen LogP contribution is 2.22. The molecule has 0 aliphatic carbocycles. The minimum atomic E-state index is -0.705. The fourth-order valence-electron chi connectivity index (χ4n) is 1.89. The van der Waals surface area contributed by atoms with Gasteiger partial charge in [0, 0.05) is 12.1 Å². The Bertz CT molecular complexity index is 825. The molecule has 2 aromatic carbocycles. The summed E-state index contributed by atoms with van der Waals surface area (Å²) in [5, 5.41) is 10.5. The molecule has 0 unspecified atom stereocenters. The molecule has 0 heterocycles. The molecular formula is C16H14ClN3O5. The number of ether oxygens (including phenoxy) is 1. The maximum atomic E-state index is 12.0. The van der Waals surface area contributed by atoms with Crippen molar-refractivity contribution in [3.8, 4) is 5.75 Å². The lowest BCUT2D eigenvalue weighted by molar-refractivity contribution is -0.384. The van der Waals surface area contributed by atoms with Crippen LogP contribution in [0.4, 0.5) is 5.69 Å². The van der Waals surface area contributed by atoms with E-state index in [2.05, 4.69) is 10.9 Å². The number of non-ortho nitro benzene ring substituents is 1. The van der Waals surface area contributed by atoms with Crippen molar-refractivity contribution in [2.45, 2.75) is 6.92 Å². The molecule has 0 spiro atoms. The Kier molecular flexibility index (Phi) is 5.91. The van der Waals surface area contributed by atoms with Crippen LogP contribution in [0.25, 0.3) is 0 Å². The van der Waals surface area contributed by atoms with Gasteiger partial charge in [-0.05, 0) is 24.6 Å². The number of carbonyl (C=O) groups is 2. The minimum absolute atomic E-state index is 0.00705. The molecule has 0 aromatic heterocycles. The zero-order chi connectivity index (χ0) is 18.4. The molecule has 2 amide bonds. The normalized spacial score (nSPS) is 10.0. The third-order valence-electron chi connectivity index (χ3n) is 3.18. The maximum Gasteiger partial charge on any atom is 0.276 e. The molecule has 0 saturated carbocycles. The van der Waals surface area contributed by atoms with E-state index < -0.39 is 16.7 Å². The molecular weight excluding hydrogens is 350 g/mol. The number of para-hydroxylation sites is 1.